The predicted molar refractivity (Wildman–Crippen MR) is 47.6 cm³/mol. The van der Waals surface area contributed by atoms with Crippen LogP contribution < -0.4 is 11.5 Å². The van der Waals surface area contributed by atoms with Crippen LogP contribution in [-0.4, -0.2) is 10.9 Å². The third kappa shape index (κ3) is 2.28. The number of hydrogen-bond acceptors (Lipinski definition) is 4. The first-order valence-corrected chi connectivity index (χ1v) is 4.37. The highest BCUT2D eigenvalue weighted by atomic mass is 32.1. The van der Waals surface area contributed by atoms with Gasteiger partial charge in [-0.05, 0) is 6.92 Å². The van der Waals surface area contributed by atoms with Gasteiger partial charge in [-0.3, -0.25) is 4.79 Å². The molecule has 66 valence electrons. The van der Waals surface area contributed by atoms with Crippen LogP contribution in [0.2, 0.25) is 0 Å². The van der Waals surface area contributed by atoms with Crippen LogP contribution in [0.5, 0.6) is 0 Å². The number of nitrogens with zero attached hydrogens (tertiary/aromatic N) is 1. The minimum absolute atomic E-state index is 0.160. The van der Waals surface area contributed by atoms with Crippen molar-refractivity contribution in [1.29, 1.82) is 0 Å². The molecule has 0 bridgehead atoms. The zero-order chi connectivity index (χ0) is 9.14. The normalized spacial score (nSPS) is 12.8. The van der Waals surface area contributed by atoms with E-state index >= 15 is 0 Å². The molecule has 0 aromatic carbocycles. The van der Waals surface area contributed by atoms with Gasteiger partial charge in [0.15, 0.2) is 0 Å². The van der Waals surface area contributed by atoms with Gasteiger partial charge in [-0.25, -0.2) is 4.98 Å². The van der Waals surface area contributed by atoms with E-state index in [1.165, 1.54) is 11.3 Å². The molecular formula is C7H11N3OS. The molecule has 0 saturated heterocycles. The molecule has 0 aliphatic rings. The van der Waals surface area contributed by atoms with Gasteiger partial charge >= 0.3 is 0 Å². The van der Waals surface area contributed by atoms with Crippen LogP contribution in [0.1, 0.15) is 22.3 Å². The predicted octanol–water partition coefficient (Wildman–Crippen LogP) is 0.327. The van der Waals surface area contributed by atoms with Gasteiger partial charge in [-0.15, -0.1) is 11.3 Å². The van der Waals surface area contributed by atoms with Crippen molar-refractivity contribution in [3.05, 3.63) is 16.1 Å². The number of carbonyl (C=O) groups is 1. The third-order valence-electron chi connectivity index (χ3n) is 1.38. The highest BCUT2D eigenvalue weighted by molar-refractivity contribution is 7.11. The molecule has 1 amide bonds. The van der Waals surface area contributed by atoms with Gasteiger partial charge in [0.2, 0.25) is 5.91 Å². The average molecular weight is 185 g/mol. The Kier molecular flexibility index (Phi) is 2.78. The van der Waals surface area contributed by atoms with Crippen LogP contribution >= 0.6 is 11.3 Å². The number of aryl methyl sites for hydroxylation is 1. The summed E-state index contributed by atoms with van der Waals surface area (Å²) in [5.41, 5.74) is 10.7. The van der Waals surface area contributed by atoms with E-state index in [9.17, 15) is 4.79 Å². The van der Waals surface area contributed by atoms with Crippen molar-refractivity contribution in [2.45, 2.75) is 19.4 Å². The second-order valence-corrected chi connectivity index (χ2v) is 3.85. The van der Waals surface area contributed by atoms with E-state index in [0.717, 1.165) is 9.88 Å². The van der Waals surface area contributed by atoms with Crippen molar-refractivity contribution in [1.82, 2.24) is 4.98 Å². The Hall–Kier alpha value is -0.940. The van der Waals surface area contributed by atoms with Crippen LogP contribution in [0.3, 0.4) is 0 Å². The second kappa shape index (κ2) is 3.64. The fourth-order valence-corrected chi connectivity index (χ4v) is 1.62. The van der Waals surface area contributed by atoms with E-state index in [1.807, 2.05) is 6.92 Å². The van der Waals surface area contributed by atoms with Gasteiger partial charge in [0, 0.05) is 17.5 Å². The molecule has 1 aromatic heterocycles. The Morgan fingerprint density at radius 2 is 2.50 bits per heavy atom. The van der Waals surface area contributed by atoms with Crippen molar-refractivity contribution in [2.75, 3.05) is 0 Å². The zero-order valence-electron chi connectivity index (χ0n) is 6.78. The lowest BCUT2D eigenvalue weighted by atomic mass is 10.2. The standard InChI is InChI=1S/C7H11N3OS/c1-4-3-10-7(12-4)5(8)2-6(9)11/h3,5H,2,8H2,1H3,(H2,9,11). The van der Waals surface area contributed by atoms with Gasteiger partial charge in [-0.2, -0.15) is 0 Å². The van der Waals surface area contributed by atoms with Crippen LogP contribution in [0.15, 0.2) is 6.20 Å². The number of rotatable bonds is 3. The molecule has 1 rings (SSSR count). The molecule has 1 heterocycles. The summed E-state index contributed by atoms with van der Waals surface area (Å²) in [6, 6.07) is -0.346. The van der Waals surface area contributed by atoms with Gasteiger partial charge < -0.3 is 11.5 Å². The van der Waals surface area contributed by atoms with E-state index in [2.05, 4.69) is 4.98 Å². The summed E-state index contributed by atoms with van der Waals surface area (Å²) >= 11 is 1.49. The quantitative estimate of drug-likeness (QED) is 0.711. The maximum Gasteiger partial charge on any atom is 0.219 e. The van der Waals surface area contributed by atoms with Crippen LogP contribution in [0.4, 0.5) is 0 Å². The van der Waals surface area contributed by atoms with E-state index in [-0.39, 0.29) is 12.5 Å². The minimum atomic E-state index is -0.393. The van der Waals surface area contributed by atoms with Gasteiger partial charge in [0.1, 0.15) is 5.01 Å². The fraction of sp³-hybridized carbons (Fsp3) is 0.429. The molecule has 0 saturated carbocycles. The van der Waals surface area contributed by atoms with Crippen molar-refractivity contribution in [3.63, 3.8) is 0 Å². The Morgan fingerprint density at radius 3 is 2.92 bits per heavy atom. The maximum absolute atomic E-state index is 10.5. The van der Waals surface area contributed by atoms with Gasteiger partial charge in [0.05, 0.1) is 6.04 Å². The van der Waals surface area contributed by atoms with Crippen LogP contribution in [-0.2, 0) is 4.79 Å². The zero-order valence-corrected chi connectivity index (χ0v) is 7.60. The first-order valence-electron chi connectivity index (χ1n) is 3.56. The van der Waals surface area contributed by atoms with E-state index in [1.54, 1.807) is 6.20 Å². The Labute approximate surface area is 74.6 Å². The monoisotopic (exact) mass is 185 g/mol. The molecule has 5 heteroatoms. The summed E-state index contributed by atoms with van der Waals surface area (Å²) in [7, 11) is 0. The molecule has 0 fully saturated rings. The summed E-state index contributed by atoms with van der Waals surface area (Å²) in [5.74, 6) is -0.393. The van der Waals surface area contributed by atoms with Crippen molar-refractivity contribution >= 4 is 17.2 Å². The average Bonchev–Trinajstić information content (AvgIpc) is 2.34. The van der Waals surface area contributed by atoms with Crippen LogP contribution in [0.25, 0.3) is 0 Å². The van der Waals surface area contributed by atoms with E-state index in [4.69, 9.17) is 11.5 Å². The minimum Gasteiger partial charge on any atom is -0.370 e. The Balaban J connectivity index is 2.64. The van der Waals surface area contributed by atoms with Crippen molar-refractivity contribution in [2.24, 2.45) is 11.5 Å². The lowest BCUT2D eigenvalue weighted by Crippen LogP contribution is -2.20. The second-order valence-electron chi connectivity index (χ2n) is 2.59. The van der Waals surface area contributed by atoms with Gasteiger partial charge in [-0.1, -0.05) is 0 Å². The smallest absolute Gasteiger partial charge is 0.219 e. The summed E-state index contributed by atoms with van der Waals surface area (Å²) in [5, 5.41) is 0.770. The SMILES string of the molecule is Cc1cnc(C(N)CC(N)=O)s1. The van der Waals surface area contributed by atoms with E-state index in [0.29, 0.717) is 0 Å². The number of carbonyl (C=O) groups excluding carboxylic acids is 1. The largest absolute Gasteiger partial charge is 0.370 e. The highest BCUT2D eigenvalue weighted by Crippen LogP contribution is 2.19. The molecule has 12 heavy (non-hydrogen) atoms. The first-order chi connectivity index (χ1) is 5.59. The van der Waals surface area contributed by atoms with Crippen molar-refractivity contribution in [3.8, 4) is 0 Å². The maximum atomic E-state index is 10.5. The lowest BCUT2D eigenvalue weighted by Gasteiger charge is -2.03. The summed E-state index contributed by atoms with van der Waals surface area (Å²) in [6.45, 7) is 1.94. The molecule has 4 N–H and O–H groups in total. The molecule has 4 nitrogen and oxygen atoms in total. The van der Waals surface area contributed by atoms with Crippen molar-refractivity contribution < 1.29 is 4.79 Å². The fourth-order valence-electron chi connectivity index (χ4n) is 0.848. The molecule has 1 unspecified atom stereocenters. The first kappa shape index (κ1) is 9.15. The molecular weight excluding hydrogens is 174 g/mol. The Morgan fingerprint density at radius 1 is 1.83 bits per heavy atom. The highest BCUT2D eigenvalue weighted by Gasteiger charge is 2.11. The molecule has 0 radical (unpaired) electrons. The summed E-state index contributed by atoms with van der Waals surface area (Å²) in [4.78, 5) is 15.7. The lowest BCUT2D eigenvalue weighted by molar-refractivity contribution is -0.118. The van der Waals surface area contributed by atoms with E-state index < -0.39 is 5.91 Å². The molecule has 0 aliphatic carbocycles. The number of hydrogen-bond donors (Lipinski definition) is 2. The third-order valence-corrected chi connectivity index (χ3v) is 2.42. The summed E-state index contributed by atoms with van der Waals surface area (Å²) in [6.07, 6.45) is 1.90. The number of amides is 1. The molecule has 1 atom stereocenters. The summed E-state index contributed by atoms with van der Waals surface area (Å²) < 4.78 is 0. The number of primary amides is 1. The molecule has 0 spiro atoms. The number of thiazole rings is 1. The topological polar surface area (TPSA) is 82.0 Å². The number of aromatic nitrogens is 1. The van der Waals surface area contributed by atoms with Crippen LogP contribution in [0, 0.1) is 6.92 Å². The number of nitrogens with two attached hydrogens (primary N) is 2. The molecule has 0 aliphatic heterocycles. The molecule has 1 aromatic rings. The Bertz CT molecular complexity index is 284. The van der Waals surface area contributed by atoms with Gasteiger partial charge in [0.25, 0.3) is 0 Å².